The minimum Gasteiger partial charge on any atom is -0.462 e. The topological polar surface area (TPSA) is 35.5 Å². The molecule has 0 unspecified atom stereocenters. The molecule has 0 saturated carbocycles. The molecule has 0 N–H and O–H groups in total. The van der Waals surface area contributed by atoms with Gasteiger partial charge in [-0.25, -0.2) is 0 Å². The lowest BCUT2D eigenvalue weighted by Gasteiger charge is -2.28. The van der Waals surface area contributed by atoms with Crippen LogP contribution in [0.5, 0.6) is 0 Å². The summed E-state index contributed by atoms with van der Waals surface area (Å²) in [6.45, 7) is 2.01. The van der Waals surface area contributed by atoms with E-state index in [9.17, 15) is 4.79 Å². The first kappa shape index (κ1) is 9.23. The van der Waals surface area contributed by atoms with Crippen LogP contribution in [0.1, 0.15) is 32.6 Å². The van der Waals surface area contributed by atoms with Crippen LogP contribution in [-0.4, -0.2) is 24.3 Å². The van der Waals surface area contributed by atoms with Crippen molar-refractivity contribution in [2.75, 3.05) is 0 Å². The standard InChI is InChI=1S/C13H16O3/c1-6-9-10(13(14)15-6)12-8-5-3-2-4-7(8)11(9)16-12/h6,9-12H,2-5H2,1H3/t6-,9-,10+,11+,12-/m0/s1. The van der Waals surface area contributed by atoms with E-state index in [1.54, 1.807) is 0 Å². The van der Waals surface area contributed by atoms with Gasteiger partial charge in [0.25, 0.3) is 0 Å². The van der Waals surface area contributed by atoms with Crippen molar-refractivity contribution < 1.29 is 14.3 Å². The summed E-state index contributed by atoms with van der Waals surface area (Å²) in [5, 5.41) is 0. The van der Waals surface area contributed by atoms with Gasteiger partial charge in [0.15, 0.2) is 0 Å². The van der Waals surface area contributed by atoms with Crippen LogP contribution in [0.2, 0.25) is 0 Å². The fourth-order valence-corrected chi connectivity index (χ4v) is 4.10. The Labute approximate surface area is 94.8 Å². The number of hydrogen-bond acceptors (Lipinski definition) is 3. The zero-order valence-electron chi connectivity index (χ0n) is 9.44. The van der Waals surface area contributed by atoms with Gasteiger partial charge < -0.3 is 9.47 Å². The summed E-state index contributed by atoms with van der Waals surface area (Å²) in [4.78, 5) is 11.8. The van der Waals surface area contributed by atoms with Gasteiger partial charge >= 0.3 is 5.97 Å². The smallest absolute Gasteiger partial charge is 0.312 e. The highest BCUT2D eigenvalue weighted by Gasteiger charge is 2.62. The molecule has 5 atom stereocenters. The largest absolute Gasteiger partial charge is 0.462 e. The molecular formula is C13H16O3. The van der Waals surface area contributed by atoms with Crippen molar-refractivity contribution >= 4 is 5.97 Å². The van der Waals surface area contributed by atoms with E-state index >= 15 is 0 Å². The van der Waals surface area contributed by atoms with E-state index in [0.717, 1.165) is 6.42 Å². The van der Waals surface area contributed by atoms with Crippen LogP contribution in [-0.2, 0) is 14.3 Å². The Balaban J connectivity index is 1.79. The highest BCUT2D eigenvalue weighted by Crippen LogP contribution is 2.55. The predicted octanol–water partition coefficient (Wildman–Crippen LogP) is 1.82. The molecule has 0 amide bonds. The number of ether oxygens (including phenoxy) is 2. The molecular weight excluding hydrogens is 204 g/mol. The molecule has 4 rings (SSSR count). The lowest BCUT2D eigenvalue weighted by Crippen LogP contribution is -2.33. The molecule has 1 aliphatic carbocycles. The van der Waals surface area contributed by atoms with Crippen LogP contribution in [0.15, 0.2) is 11.1 Å². The van der Waals surface area contributed by atoms with Crippen molar-refractivity contribution in [1.29, 1.82) is 0 Å². The second-order valence-corrected chi connectivity index (χ2v) is 5.48. The van der Waals surface area contributed by atoms with Crippen LogP contribution in [0.3, 0.4) is 0 Å². The first-order valence-electron chi connectivity index (χ1n) is 6.35. The maximum Gasteiger partial charge on any atom is 0.312 e. The van der Waals surface area contributed by atoms with Gasteiger partial charge in [0, 0.05) is 5.92 Å². The highest BCUT2D eigenvalue weighted by molar-refractivity contribution is 5.78. The van der Waals surface area contributed by atoms with Gasteiger partial charge in [-0.3, -0.25) is 4.79 Å². The van der Waals surface area contributed by atoms with Gasteiger partial charge in [0.1, 0.15) is 6.10 Å². The summed E-state index contributed by atoms with van der Waals surface area (Å²) < 4.78 is 11.4. The average Bonchev–Trinajstić information content (AvgIpc) is 2.91. The molecule has 0 spiro atoms. The van der Waals surface area contributed by atoms with Gasteiger partial charge in [-0.2, -0.15) is 0 Å². The lowest BCUT2D eigenvalue weighted by atomic mass is 9.71. The van der Waals surface area contributed by atoms with Gasteiger partial charge in [-0.05, 0) is 43.8 Å². The van der Waals surface area contributed by atoms with E-state index in [1.165, 1.54) is 30.4 Å². The molecule has 2 fully saturated rings. The Bertz CT molecular complexity index is 398. The van der Waals surface area contributed by atoms with Crippen LogP contribution in [0.4, 0.5) is 0 Å². The summed E-state index contributed by atoms with van der Waals surface area (Å²) in [6, 6.07) is 0. The minimum atomic E-state index is -0.0258. The molecule has 16 heavy (non-hydrogen) atoms. The molecule has 0 aromatic carbocycles. The molecule has 3 aliphatic heterocycles. The molecule has 0 radical (unpaired) electrons. The molecule has 2 saturated heterocycles. The van der Waals surface area contributed by atoms with E-state index < -0.39 is 0 Å². The summed E-state index contributed by atoms with van der Waals surface area (Å²) in [5.74, 6) is 0.285. The third kappa shape index (κ3) is 0.915. The first-order chi connectivity index (χ1) is 7.77. The fourth-order valence-electron chi connectivity index (χ4n) is 4.10. The van der Waals surface area contributed by atoms with Crippen LogP contribution < -0.4 is 0 Å². The second-order valence-electron chi connectivity index (χ2n) is 5.48. The summed E-state index contributed by atoms with van der Waals surface area (Å²) in [6.07, 6.45) is 5.18. The van der Waals surface area contributed by atoms with Crippen molar-refractivity contribution in [2.45, 2.75) is 50.9 Å². The molecule has 86 valence electrons. The maximum absolute atomic E-state index is 11.8. The number of esters is 1. The van der Waals surface area contributed by atoms with Crippen LogP contribution >= 0.6 is 0 Å². The second kappa shape index (κ2) is 2.89. The average molecular weight is 220 g/mol. The van der Waals surface area contributed by atoms with Crippen molar-refractivity contribution in [3.63, 3.8) is 0 Å². The van der Waals surface area contributed by atoms with Crippen molar-refractivity contribution in [3.05, 3.63) is 11.1 Å². The molecule has 3 heterocycles. The Morgan fingerprint density at radius 1 is 1.12 bits per heavy atom. The summed E-state index contributed by atoms with van der Waals surface area (Å²) >= 11 is 0. The van der Waals surface area contributed by atoms with E-state index in [0.29, 0.717) is 5.92 Å². The molecule has 4 aliphatic rings. The normalized spacial score (nSPS) is 49.3. The molecule has 3 heteroatoms. The van der Waals surface area contributed by atoms with E-state index in [4.69, 9.17) is 9.47 Å². The van der Waals surface area contributed by atoms with E-state index in [1.807, 2.05) is 6.92 Å². The number of carbonyl (C=O) groups is 1. The third-order valence-corrected chi connectivity index (χ3v) is 4.74. The Morgan fingerprint density at radius 2 is 1.81 bits per heavy atom. The minimum absolute atomic E-state index is 0.0110. The highest BCUT2D eigenvalue weighted by atomic mass is 16.6. The molecule has 3 nitrogen and oxygen atoms in total. The number of carbonyl (C=O) groups excluding carboxylic acids is 1. The van der Waals surface area contributed by atoms with Gasteiger partial charge in [-0.15, -0.1) is 0 Å². The number of hydrogen-bond donors (Lipinski definition) is 0. The van der Waals surface area contributed by atoms with Gasteiger partial charge in [-0.1, -0.05) is 0 Å². The van der Waals surface area contributed by atoms with E-state index in [-0.39, 0.29) is 30.2 Å². The zero-order chi connectivity index (χ0) is 10.9. The fraction of sp³-hybridized carbons (Fsp3) is 0.769. The third-order valence-electron chi connectivity index (χ3n) is 4.74. The van der Waals surface area contributed by atoms with E-state index in [2.05, 4.69) is 0 Å². The van der Waals surface area contributed by atoms with Crippen molar-refractivity contribution in [2.24, 2.45) is 11.8 Å². The SMILES string of the molecule is C[C@@H]1OC(=O)[C@@H]2[C@H]1[C@@H]1O[C@H]2C2=C1CCCC2. The van der Waals surface area contributed by atoms with Crippen molar-refractivity contribution in [1.82, 2.24) is 0 Å². The van der Waals surface area contributed by atoms with Gasteiger partial charge in [0.05, 0.1) is 18.1 Å². The van der Waals surface area contributed by atoms with Crippen molar-refractivity contribution in [3.8, 4) is 0 Å². The number of cyclic esters (lactones) is 1. The first-order valence-corrected chi connectivity index (χ1v) is 6.35. The number of rotatable bonds is 0. The molecule has 2 bridgehead atoms. The summed E-state index contributed by atoms with van der Waals surface area (Å²) in [5.41, 5.74) is 2.96. The van der Waals surface area contributed by atoms with Crippen LogP contribution in [0.25, 0.3) is 0 Å². The lowest BCUT2D eigenvalue weighted by molar-refractivity contribution is -0.146. The monoisotopic (exact) mass is 220 g/mol. The Kier molecular flexibility index (Phi) is 1.67. The maximum atomic E-state index is 11.8. The molecule has 0 aromatic rings. The predicted molar refractivity (Wildman–Crippen MR) is 56.7 cm³/mol. The van der Waals surface area contributed by atoms with Gasteiger partial charge in [0.2, 0.25) is 0 Å². The van der Waals surface area contributed by atoms with Crippen LogP contribution in [0, 0.1) is 11.8 Å². The number of fused-ring (bicyclic) bond motifs is 7. The molecule has 0 aromatic heterocycles. The summed E-state index contributed by atoms with van der Waals surface area (Å²) in [7, 11) is 0. The Hall–Kier alpha value is -0.830. The quantitative estimate of drug-likeness (QED) is 0.461. The Morgan fingerprint density at radius 3 is 2.56 bits per heavy atom. The zero-order valence-corrected chi connectivity index (χ0v) is 9.44.